The summed E-state index contributed by atoms with van der Waals surface area (Å²) in [6.07, 6.45) is 6.24. The second-order valence-electron chi connectivity index (χ2n) is 6.27. The summed E-state index contributed by atoms with van der Waals surface area (Å²) >= 11 is 0. The van der Waals surface area contributed by atoms with Gasteiger partial charge in [0.15, 0.2) is 0 Å². The van der Waals surface area contributed by atoms with Gasteiger partial charge in [-0.1, -0.05) is 12.5 Å². The van der Waals surface area contributed by atoms with Crippen molar-refractivity contribution in [2.45, 2.75) is 43.4 Å². The molecule has 2 unspecified atom stereocenters. The Kier molecular flexibility index (Phi) is 4.33. The molecule has 0 bridgehead atoms. The zero-order chi connectivity index (χ0) is 14.9. The van der Waals surface area contributed by atoms with Crippen molar-refractivity contribution in [3.8, 4) is 0 Å². The summed E-state index contributed by atoms with van der Waals surface area (Å²) in [6.45, 7) is 0.593. The monoisotopic (exact) mass is 309 g/mol. The Morgan fingerprint density at radius 3 is 2.67 bits per heavy atom. The molecule has 0 spiro atoms. The maximum Gasteiger partial charge on any atom is 0.240 e. The van der Waals surface area contributed by atoms with E-state index >= 15 is 0 Å². The first-order chi connectivity index (χ1) is 10.1. The lowest BCUT2D eigenvalue weighted by atomic mass is 9.97. The van der Waals surface area contributed by atoms with E-state index in [0.29, 0.717) is 11.4 Å². The number of hydrogen-bond acceptors (Lipinski definition) is 3. The van der Waals surface area contributed by atoms with Crippen molar-refractivity contribution >= 4 is 10.0 Å². The average Bonchev–Trinajstić information content (AvgIpc) is 3.12. The summed E-state index contributed by atoms with van der Waals surface area (Å²) in [5.74, 6) is 0.506. The summed E-state index contributed by atoms with van der Waals surface area (Å²) in [5, 5.41) is 9.31. The van der Waals surface area contributed by atoms with Crippen LogP contribution in [0.3, 0.4) is 0 Å². The molecule has 3 rings (SSSR count). The van der Waals surface area contributed by atoms with Crippen LogP contribution in [-0.4, -0.2) is 26.7 Å². The van der Waals surface area contributed by atoms with Crippen molar-refractivity contribution in [3.63, 3.8) is 0 Å². The van der Waals surface area contributed by atoms with Crippen molar-refractivity contribution in [1.82, 2.24) is 4.72 Å². The molecule has 2 atom stereocenters. The molecule has 2 aliphatic carbocycles. The van der Waals surface area contributed by atoms with E-state index in [9.17, 15) is 13.5 Å². The fourth-order valence-corrected chi connectivity index (χ4v) is 4.78. The first kappa shape index (κ1) is 15.0. The third-order valence-corrected chi connectivity index (χ3v) is 6.39. The van der Waals surface area contributed by atoms with Gasteiger partial charge in [-0.05, 0) is 67.2 Å². The van der Waals surface area contributed by atoms with Crippen LogP contribution >= 0.6 is 0 Å². The van der Waals surface area contributed by atoms with Crippen molar-refractivity contribution in [2.24, 2.45) is 11.8 Å². The van der Waals surface area contributed by atoms with Gasteiger partial charge in [0.2, 0.25) is 10.0 Å². The highest BCUT2D eigenvalue weighted by Gasteiger charge is 2.28. The second-order valence-corrected chi connectivity index (χ2v) is 8.04. The van der Waals surface area contributed by atoms with E-state index in [4.69, 9.17) is 0 Å². The number of hydrogen-bond donors (Lipinski definition) is 2. The lowest BCUT2D eigenvalue weighted by molar-refractivity contribution is 0.195. The number of rotatable bonds is 5. The van der Waals surface area contributed by atoms with Gasteiger partial charge in [0.05, 0.1) is 4.90 Å². The molecular formula is C16H23NO3S. The quantitative estimate of drug-likeness (QED) is 0.872. The Bertz CT molecular complexity index is 612. The molecule has 0 heterocycles. The fraction of sp³-hybridized carbons (Fsp3) is 0.625. The lowest BCUT2D eigenvalue weighted by Crippen LogP contribution is -2.31. The summed E-state index contributed by atoms with van der Waals surface area (Å²) in [6, 6.07) is 5.48. The van der Waals surface area contributed by atoms with Crippen molar-refractivity contribution in [2.75, 3.05) is 13.2 Å². The van der Waals surface area contributed by atoms with Crippen molar-refractivity contribution in [3.05, 3.63) is 29.3 Å². The molecule has 2 aliphatic rings. The smallest absolute Gasteiger partial charge is 0.240 e. The number of benzene rings is 1. The molecule has 4 nitrogen and oxygen atoms in total. The van der Waals surface area contributed by atoms with Crippen LogP contribution in [0.4, 0.5) is 0 Å². The van der Waals surface area contributed by atoms with Crippen LogP contribution in [0.25, 0.3) is 0 Å². The molecule has 2 N–H and O–H groups in total. The van der Waals surface area contributed by atoms with E-state index in [1.54, 1.807) is 6.07 Å². The molecule has 1 fully saturated rings. The second kappa shape index (κ2) is 6.07. The minimum atomic E-state index is -3.43. The van der Waals surface area contributed by atoms with Gasteiger partial charge >= 0.3 is 0 Å². The van der Waals surface area contributed by atoms with Crippen LogP contribution in [-0.2, 0) is 22.9 Å². The highest BCUT2D eigenvalue weighted by Crippen LogP contribution is 2.31. The molecule has 21 heavy (non-hydrogen) atoms. The summed E-state index contributed by atoms with van der Waals surface area (Å²) in [4.78, 5) is 0.377. The predicted octanol–water partition coefficient (Wildman–Crippen LogP) is 1.86. The third-order valence-electron chi connectivity index (χ3n) is 4.97. The number of fused-ring (bicyclic) bond motifs is 1. The molecule has 5 heteroatoms. The Morgan fingerprint density at radius 1 is 1.10 bits per heavy atom. The van der Waals surface area contributed by atoms with Crippen LogP contribution < -0.4 is 4.72 Å². The van der Waals surface area contributed by atoms with Crippen LogP contribution in [0.5, 0.6) is 0 Å². The molecule has 0 aliphatic heterocycles. The van der Waals surface area contributed by atoms with Gasteiger partial charge in [-0.15, -0.1) is 0 Å². The van der Waals surface area contributed by atoms with E-state index in [2.05, 4.69) is 4.72 Å². The largest absolute Gasteiger partial charge is 0.396 e. The van der Waals surface area contributed by atoms with Gasteiger partial charge < -0.3 is 5.11 Å². The van der Waals surface area contributed by atoms with E-state index in [1.165, 1.54) is 11.1 Å². The number of aliphatic hydroxyl groups is 1. The van der Waals surface area contributed by atoms with Crippen LogP contribution in [0, 0.1) is 11.8 Å². The molecule has 0 saturated heterocycles. The first-order valence-electron chi connectivity index (χ1n) is 7.82. The zero-order valence-electron chi connectivity index (χ0n) is 12.2. The van der Waals surface area contributed by atoms with Gasteiger partial charge in [0, 0.05) is 13.2 Å². The highest BCUT2D eigenvalue weighted by atomic mass is 32.2. The Morgan fingerprint density at radius 2 is 1.86 bits per heavy atom. The molecule has 116 valence electrons. The van der Waals surface area contributed by atoms with Gasteiger partial charge in [0.25, 0.3) is 0 Å². The number of aryl methyl sites for hydroxylation is 2. The maximum atomic E-state index is 12.4. The Balaban J connectivity index is 1.69. The van der Waals surface area contributed by atoms with E-state index in [-0.39, 0.29) is 18.4 Å². The first-order valence-corrected chi connectivity index (χ1v) is 9.31. The van der Waals surface area contributed by atoms with Crippen molar-refractivity contribution < 1.29 is 13.5 Å². The van der Waals surface area contributed by atoms with Gasteiger partial charge in [-0.3, -0.25) is 0 Å². The van der Waals surface area contributed by atoms with E-state index in [1.807, 2.05) is 12.1 Å². The maximum absolute atomic E-state index is 12.4. The molecule has 1 saturated carbocycles. The Labute approximate surface area is 126 Å². The fourth-order valence-electron chi connectivity index (χ4n) is 3.64. The molecule has 1 aromatic rings. The highest BCUT2D eigenvalue weighted by molar-refractivity contribution is 7.89. The van der Waals surface area contributed by atoms with Crippen LogP contribution in [0.1, 0.15) is 36.8 Å². The normalized spacial score (nSPS) is 25.2. The van der Waals surface area contributed by atoms with E-state index in [0.717, 1.165) is 38.5 Å². The average molecular weight is 309 g/mol. The minimum Gasteiger partial charge on any atom is -0.396 e. The van der Waals surface area contributed by atoms with Crippen molar-refractivity contribution in [1.29, 1.82) is 0 Å². The van der Waals surface area contributed by atoms with Gasteiger partial charge in [0.1, 0.15) is 0 Å². The molecule has 1 aromatic carbocycles. The SMILES string of the molecule is O=S(=O)(NCC1CCCC1CO)c1ccc2c(c1)CCC2. The summed E-state index contributed by atoms with van der Waals surface area (Å²) in [7, 11) is -3.43. The standard InChI is InChI=1S/C16H23NO3S/c18-11-15-6-2-5-14(15)10-17-21(19,20)16-8-7-12-3-1-4-13(12)9-16/h7-9,14-15,17-18H,1-6,10-11H2. The van der Waals surface area contributed by atoms with E-state index < -0.39 is 10.0 Å². The third kappa shape index (κ3) is 3.15. The minimum absolute atomic E-state index is 0.158. The number of sulfonamides is 1. The topological polar surface area (TPSA) is 66.4 Å². The summed E-state index contributed by atoms with van der Waals surface area (Å²) < 4.78 is 27.6. The van der Waals surface area contributed by atoms with Crippen LogP contribution in [0.2, 0.25) is 0 Å². The lowest BCUT2D eigenvalue weighted by Gasteiger charge is -2.18. The van der Waals surface area contributed by atoms with Gasteiger partial charge in [-0.2, -0.15) is 0 Å². The molecule has 0 radical (unpaired) electrons. The number of aliphatic hydroxyl groups excluding tert-OH is 1. The van der Waals surface area contributed by atoms with Crippen LogP contribution in [0.15, 0.2) is 23.1 Å². The van der Waals surface area contributed by atoms with Gasteiger partial charge in [-0.25, -0.2) is 13.1 Å². The Hall–Kier alpha value is -0.910. The zero-order valence-corrected chi connectivity index (χ0v) is 13.0. The summed E-state index contributed by atoms with van der Waals surface area (Å²) in [5.41, 5.74) is 2.46. The number of nitrogens with one attached hydrogen (secondary N) is 1. The predicted molar refractivity (Wildman–Crippen MR) is 81.6 cm³/mol. The molecule has 0 amide bonds. The molecule has 0 aromatic heterocycles. The molecular weight excluding hydrogens is 286 g/mol.